The summed E-state index contributed by atoms with van der Waals surface area (Å²) in [5, 5.41) is 2.90. The Bertz CT molecular complexity index is 960. The van der Waals surface area contributed by atoms with E-state index in [0.29, 0.717) is 24.3 Å². The zero-order valence-corrected chi connectivity index (χ0v) is 18.8. The third-order valence-corrected chi connectivity index (χ3v) is 7.88. The van der Waals surface area contributed by atoms with E-state index in [1.807, 2.05) is 0 Å². The smallest absolute Gasteiger partial charge is 0.323 e. The Kier molecular flexibility index (Phi) is 5.18. The number of hydrogen-bond donors (Lipinski definition) is 1. The van der Waals surface area contributed by atoms with Gasteiger partial charge in [-0.25, -0.2) is 4.79 Å². The van der Waals surface area contributed by atoms with E-state index in [0.717, 1.165) is 35.4 Å². The van der Waals surface area contributed by atoms with Gasteiger partial charge in [-0.15, -0.1) is 0 Å². The van der Waals surface area contributed by atoms with Gasteiger partial charge in [0.2, 0.25) is 5.91 Å². The lowest BCUT2D eigenvalue weighted by Crippen LogP contribution is -2.51. The number of carbonyl (C=O) groups excluding carboxylic acids is 4. The Morgan fingerprint density at radius 1 is 1.19 bits per heavy atom. The largest absolute Gasteiger partial charge is 0.325 e. The monoisotopic (exact) mass is 425 g/mol. The van der Waals surface area contributed by atoms with E-state index in [9.17, 15) is 19.2 Å². The van der Waals surface area contributed by atoms with Crippen LogP contribution in [0, 0.1) is 11.3 Å². The Morgan fingerprint density at radius 2 is 1.87 bits per heavy atom. The number of nitrogens with zero attached hydrogens (tertiary/aromatic N) is 2. The van der Waals surface area contributed by atoms with Crippen molar-refractivity contribution in [2.75, 3.05) is 18.5 Å². The first-order valence-corrected chi connectivity index (χ1v) is 11.1. The third-order valence-electron chi connectivity index (χ3n) is 7.88. The molecular formula is C24H31N3O4. The first-order valence-electron chi connectivity index (χ1n) is 11.1. The summed E-state index contributed by atoms with van der Waals surface area (Å²) < 4.78 is 0. The summed E-state index contributed by atoms with van der Waals surface area (Å²) in [6, 6.07) is 4.62. The third kappa shape index (κ3) is 3.54. The van der Waals surface area contributed by atoms with Crippen LogP contribution in [0.5, 0.6) is 0 Å². The lowest BCUT2D eigenvalue weighted by atomic mass is 9.65. The van der Waals surface area contributed by atoms with Crippen molar-refractivity contribution in [3.63, 3.8) is 0 Å². The molecule has 1 saturated carbocycles. The van der Waals surface area contributed by atoms with Gasteiger partial charge in [0, 0.05) is 18.3 Å². The van der Waals surface area contributed by atoms with E-state index in [-0.39, 0.29) is 36.0 Å². The number of nitrogens with one attached hydrogen (secondary N) is 1. The second kappa shape index (κ2) is 7.46. The average Bonchev–Trinajstić information content (AvgIpc) is 3.15. The highest BCUT2D eigenvalue weighted by atomic mass is 16.2. The van der Waals surface area contributed by atoms with Gasteiger partial charge in [0.25, 0.3) is 5.91 Å². The molecule has 0 bridgehead atoms. The molecule has 2 fully saturated rings. The van der Waals surface area contributed by atoms with Gasteiger partial charge in [-0.2, -0.15) is 0 Å². The molecule has 7 heteroatoms. The van der Waals surface area contributed by atoms with Crippen molar-refractivity contribution in [1.29, 1.82) is 0 Å². The van der Waals surface area contributed by atoms with Crippen molar-refractivity contribution < 1.29 is 19.2 Å². The zero-order valence-electron chi connectivity index (χ0n) is 18.8. The Labute approximate surface area is 183 Å². The van der Waals surface area contributed by atoms with Crippen molar-refractivity contribution in [2.24, 2.45) is 11.3 Å². The number of Topliss-reactive ketones (excluding diaryl/α,β-unsaturated/α-hetero) is 1. The zero-order chi connectivity index (χ0) is 22.6. The van der Waals surface area contributed by atoms with Crippen molar-refractivity contribution in [3.05, 3.63) is 29.3 Å². The normalized spacial score (nSPS) is 25.9. The second-order valence-electron chi connectivity index (χ2n) is 9.92. The van der Waals surface area contributed by atoms with Crippen LogP contribution in [0.4, 0.5) is 10.5 Å². The number of anilines is 1. The molecule has 0 aromatic heterocycles. The fourth-order valence-corrected chi connectivity index (χ4v) is 5.22. The first kappa shape index (κ1) is 21.5. The molecule has 0 unspecified atom stereocenters. The molecule has 31 heavy (non-hydrogen) atoms. The second-order valence-corrected chi connectivity index (χ2v) is 9.92. The van der Waals surface area contributed by atoms with Gasteiger partial charge in [-0.3, -0.25) is 19.3 Å². The molecule has 2 heterocycles. The number of carbonyl (C=O) groups is 4. The molecule has 1 aromatic carbocycles. The number of amides is 4. The summed E-state index contributed by atoms with van der Waals surface area (Å²) in [4.78, 5) is 53.2. The topological polar surface area (TPSA) is 86.8 Å². The Balaban J connectivity index is 1.45. The Morgan fingerprint density at radius 3 is 2.52 bits per heavy atom. The van der Waals surface area contributed by atoms with Gasteiger partial charge >= 0.3 is 6.03 Å². The number of imide groups is 1. The van der Waals surface area contributed by atoms with E-state index in [1.165, 1.54) is 0 Å². The number of rotatable bonds is 5. The predicted molar refractivity (Wildman–Crippen MR) is 117 cm³/mol. The highest BCUT2D eigenvalue weighted by Crippen LogP contribution is 2.45. The van der Waals surface area contributed by atoms with Crippen molar-refractivity contribution >= 4 is 29.3 Å². The number of benzene rings is 1. The van der Waals surface area contributed by atoms with E-state index < -0.39 is 11.6 Å². The number of fused-ring (bicyclic) bond motifs is 1. The molecule has 2 aliphatic heterocycles. The van der Waals surface area contributed by atoms with Crippen LogP contribution in [-0.4, -0.2) is 47.7 Å². The fraction of sp³-hybridized carbons (Fsp3) is 0.583. The molecule has 166 valence electrons. The number of urea groups is 1. The fourth-order valence-electron chi connectivity index (χ4n) is 5.22. The summed E-state index contributed by atoms with van der Waals surface area (Å²) in [5.41, 5.74) is 1.35. The van der Waals surface area contributed by atoms with Crippen LogP contribution >= 0.6 is 0 Å². The molecule has 1 saturated heterocycles. The number of hydrogen-bond acceptors (Lipinski definition) is 4. The molecule has 1 aromatic rings. The molecule has 0 atom stereocenters. The lowest BCUT2D eigenvalue weighted by Gasteiger charge is -2.42. The Hall–Kier alpha value is -2.70. The van der Waals surface area contributed by atoms with Gasteiger partial charge in [0.05, 0.1) is 13.0 Å². The molecule has 4 amide bonds. The molecule has 4 rings (SSSR count). The summed E-state index contributed by atoms with van der Waals surface area (Å²) in [5.74, 6) is -0.0749. The van der Waals surface area contributed by atoms with E-state index in [4.69, 9.17) is 0 Å². The van der Waals surface area contributed by atoms with Crippen molar-refractivity contribution in [3.8, 4) is 0 Å². The van der Waals surface area contributed by atoms with Gasteiger partial charge in [0.1, 0.15) is 5.54 Å². The van der Waals surface area contributed by atoms with Crippen LogP contribution in [0.25, 0.3) is 0 Å². The van der Waals surface area contributed by atoms with Crippen LogP contribution in [0.15, 0.2) is 18.2 Å². The summed E-state index contributed by atoms with van der Waals surface area (Å²) in [7, 11) is 1.71. The predicted octanol–water partition coefficient (Wildman–Crippen LogP) is 3.31. The summed E-state index contributed by atoms with van der Waals surface area (Å²) in [6.07, 6.45) is 4.34. The first-order chi connectivity index (χ1) is 14.6. The summed E-state index contributed by atoms with van der Waals surface area (Å²) in [6.45, 7) is 6.43. The van der Waals surface area contributed by atoms with Gasteiger partial charge < -0.3 is 10.2 Å². The number of ketones is 1. The van der Waals surface area contributed by atoms with Gasteiger partial charge in [0.15, 0.2) is 5.78 Å². The SMILES string of the molecule is CCC(C)(C)C1CCC2(CC1)NC(=O)N(CC(=O)c1ccc3c(c1)CC(=O)N3C)C2=O. The quantitative estimate of drug-likeness (QED) is 0.579. The minimum absolute atomic E-state index is 0.0162. The molecule has 1 aliphatic carbocycles. The average molecular weight is 426 g/mol. The molecule has 0 radical (unpaired) electrons. The van der Waals surface area contributed by atoms with E-state index >= 15 is 0 Å². The maximum Gasteiger partial charge on any atom is 0.325 e. The van der Waals surface area contributed by atoms with Crippen LogP contribution in [0.3, 0.4) is 0 Å². The maximum absolute atomic E-state index is 13.2. The number of likely N-dealkylation sites (N-methyl/N-ethyl adjacent to an activating group) is 1. The van der Waals surface area contributed by atoms with E-state index in [1.54, 1.807) is 30.1 Å². The van der Waals surface area contributed by atoms with Crippen LogP contribution in [-0.2, 0) is 16.0 Å². The van der Waals surface area contributed by atoms with Crippen molar-refractivity contribution in [1.82, 2.24) is 10.2 Å². The van der Waals surface area contributed by atoms with Crippen LogP contribution in [0.2, 0.25) is 0 Å². The van der Waals surface area contributed by atoms with E-state index in [2.05, 4.69) is 26.1 Å². The minimum atomic E-state index is -0.870. The standard InChI is InChI=1S/C24H31N3O4/c1-5-23(2,3)17-8-10-24(11-9-17)21(30)27(22(31)25-24)14-19(28)15-6-7-18-16(12-15)13-20(29)26(18)4/h6-7,12,17H,5,8-11,13-14H2,1-4H3,(H,25,31). The lowest BCUT2D eigenvalue weighted by molar-refractivity contribution is -0.132. The van der Waals surface area contributed by atoms with Crippen LogP contribution < -0.4 is 10.2 Å². The molecule has 7 nitrogen and oxygen atoms in total. The highest BCUT2D eigenvalue weighted by Gasteiger charge is 2.53. The molecule has 1 spiro atoms. The minimum Gasteiger partial charge on any atom is -0.323 e. The van der Waals surface area contributed by atoms with Gasteiger partial charge in [-0.1, -0.05) is 27.2 Å². The molecule has 3 aliphatic rings. The van der Waals surface area contributed by atoms with Gasteiger partial charge in [-0.05, 0) is 60.8 Å². The van der Waals surface area contributed by atoms with Crippen molar-refractivity contribution in [2.45, 2.75) is 64.8 Å². The molecule has 1 N–H and O–H groups in total. The molecular weight excluding hydrogens is 394 g/mol. The highest BCUT2D eigenvalue weighted by molar-refractivity contribution is 6.11. The van der Waals surface area contributed by atoms with Crippen LogP contribution in [0.1, 0.15) is 68.8 Å². The maximum atomic E-state index is 13.2. The summed E-state index contributed by atoms with van der Waals surface area (Å²) >= 11 is 0.